The van der Waals surface area contributed by atoms with Gasteiger partial charge in [0.1, 0.15) is 0 Å². The van der Waals surface area contributed by atoms with Crippen LogP contribution >= 0.6 is 23.2 Å². The molecule has 2 saturated heterocycles. The fourth-order valence-electron chi connectivity index (χ4n) is 7.25. The number of likely N-dealkylation sites (tertiary alicyclic amines) is 1. The highest BCUT2D eigenvalue weighted by Crippen LogP contribution is 2.33. The molecule has 3 aromatic rings. The second-order valence-corrected chi connectivity index (χ2v) is 14.2. The van der Waals surface area contributed by atoms with Gasteiger partial charge in [-0.3, -0.25) is 14.5 Å². The molecular weight excluding hydrogens is 609 g/mol. The first-order chi connectivity index (χ1) is 21.7. The molecule has 0 unspecified atom stereocenters. The average molecular weight is 655 g/mol. The molecule has 6 rings (SSSR count). The lowest BCUT2D eigenvalue weighted by atomic mass is 9.89. The Labute approximate surface area is 276 Å². The van der Waals surface area contributed by atoms with Crippen molar-refractivity contribution in [3.05, 3.63) is 63.8 Å². The molecule has 3 heterocycles. The number of carbonyl (C=O) groups is 2. The lowest BCUT2D eigenvalue weighted by molar-refractivity contribution is -0.133. The number of nitrogens with one attached hydrogen (secondary N) is 1. The van der Waals surface area contributed by atoms with E-state index in [1.54, 1.807) is 12.1 Å². The highest BCUT2D eigenvalue weighted by molar-refractivity contribution is 6.36. The van der Waals surface area contributed by atoms with E-state index >= 15 is 0 Å². The second kappa shape index (κ2) is 14.0. The Morgan fingerprint density at radius 2 is 1.71 bits per heavy atom. The fourth-order valence-corrected chi connectivity index (χ4v) is 7.71. The minimum atomic E-state index is -0.268. The molecule has 242 valence electrons. The van der Waals surface area contributed by atoms with Gasteiger partial charge in [0.2, 0.25) is 5.91 Å². The van der Waals surface area contributed by atoms with Crippen molar-refractivity contribution in [2.45, 2.75) is 63.6 Å². The summed E-state index contributed by atoms with van der Waals surface area (Å²) >= 11 is 13.4. The molecule has 3 fully saturated rings. The third kappa shape index (κ3) is 7.36. The number of amides is 2. The number of para-hydroxylation sites is 1. The van der Waals surface area contributed by atoms with Crippen molar-refractivity contribution in [3.8, 4) is 0 Å². The van der Waals surface area contributed by atoms with Crippen molar-refractivity contribution in [1.29, 1.82) is 0 Å². The van der Waals surface area contributed by atoms with Crippen molar-refractivity contribution in [3.63, 3.8) is 0 Å². The molecule has 2 atom stereocenters. The fraction of sp³-hybridized carbons (Fsp3) is 0.543. The van der Waals surface area contributed by atoms with Crippen molar-refractivity contribution in [2.24, 2.45) is 13.0 Å². The standard InChI is InChI=1S/C35H45Cl2N5O3/c1-23-8-10-27(11-9-23)45-22-26-18-25(41-14-12-39(2)13-15-41)20-42(26)34(43)17-24-16-31(37)32(19-30(24)36)38-35(44)29-21-40(3)33-7-5-4-6-28(29)33/h4-7,16,19,21,23,25-27H,8-15,17-18,20,22H2,1-3H3,(H,38,44)/t23-,25-,26-,27-/m0/s1. The Hall–Kier alpha value is -2.62. The number of ether oxygens (including phenoxy) is 1. The molecule has 8 nitrogen and oxygen atoms in total. The number of anilines is 1. The molecule has 10 heteroatoms. The molecule has 1 saturated carbocycles. The summed E-state index contributed by atoms with van der Waals surface area (Å²) in [5.41, 5.74) is 2.59. The van der Waals surface area contributed by atoms with E-state index in [-0.39, 0.29) is 30.4 Å². The van der Waals surface area contributed by atoms with Gasteiger partial charge in [-0.15, -0.1) is 0 Å². The van der Waals surface area contributed by atoms with E-state index < -0.39 is 0 Å². The van der Waals surface area contributed by atoms with Crippen LogP contribution in [-0.2, 0) is 23.0 Å². The Morgan fingerprint density at radius 3 is 2.47 bits per heavy atom. The van der Waals surface area contributed by atoms with Gasteiger partial charge in [-0.05, 0) is 68.8 Å². The first kappa shape index (κ1) is 32.3. The summed E-state index contributed by atoms with van der Waals surface area (Å²) < 4.78 is 8.37. The average Bonchev–Trinajstić information content (AvgIpc) is 3.61. The zero-order valence-corrected chi connectivity index (χ0v) is 28.1. The Balaban J connectivity index is 1.14. The van der Waals surface area contributed by atoms with Crippen LogP contribution in [0.25, 0.3) is 10.9 Å². The van der Waals surface area contributed by atoms with Crippen LogP contribution in [-0.4, -0.2) is 95.6 Å². The normalized spacial score (nSPS) is 24.8. The van der Waals surface area contributed by atoms with Gasteiger partial charge in [-0.25, -0.2) is 0 Å². The highest BCUT2D eigenvalue weighted by atomic mass is 35.5. The Bertz CT molecular complexity index is 1530. The largest absolute Gasteiger partial charge is 0.376 e. The maximum Gasteiger partial charge on any atom is 0.257 e. The van der Waals surface area contributed by atoms with Gasteiger partial charge in [-0.2, -0.15) is 0 Å². The Kier molecular flexibility index (Phi) is 10.1. The van der Waals surface area contributed by atoms with Crippen LogP contribution in [0.5, 0.6) is 0 Å². The molecule has 2 aliphatic heterocycles. The molecule has 2 amide bonds. The summed E-state index contributed by atoms with van der Waals surface area (Å²) in [6.07, 6.45) is 7.77. The number of hydrogen-bond acceptors (Lipinski definition) is 5. The predicted octanol–water partition coefficient (Wildman–Crippen LogP) is 6.09. The van der Waals surface area contributed by atoms with Gasteiger partial charge in [0.05, 0.1) is 41.4 Å². The number of nitrogens with zero attached hydrogens (tertiary/aromatic N) is 4. The zero-order chi connectivity index (χ0) is 31.7. The molecule has 0 spiro atoms. The molecule has 1 N–H and O–H groups in total. The predicted molar refractivity (Wildman–Crippen MR) is 181 cm³/mol. The van der Waals surface area contributed by atoms with E-state index in [9.17, 15) is 9.59 Å². The summed E-state index contributed by atoms with van der Waals surface area (Å²) in [5, 5.41) is 4.53. The molecule has 3 aliphatic rings. The number of hydrogen-bond donors (Lipinski definition) is 1. The van der Waals surface area contributed by atoms with E-state index in [4.69, 9.17) is 27.9 Å². The SMILES string of the molecule is CN1CCN([C@H]2C[C@@H](CO[C@H]3CC[C@H](C)CC3)N(C(=O)Cc3cc(Cl)c(NC(=O)c4cn(C)c5ccccc45)cc3Cl)C2)CC1. The van der Waals surface area contributed by atoms with Crippen molar-refractivity contribution >= 4 is 51.6 Å². The quantitative estimate of drug-likeness (QED) is 0.319. The maximum atomic E-state index is 13.9. The number of halogens is 2. The first-order valence-corrected chi connectivity index (χ1v) is 17.1. The van der Waals surface area contributed by atoms with Gasteiger partial charge in [0.15, 0.2) is 0 Å². The zero-order valence-electron chi connectivity index (χ0n) is 26.6. The van der Waals surface area contributed by atoms with Crippen LogP contribution in [0.1, 0.15) is 54.9 Å². The monoisotopic (exact) mass is 653 g/mol. The van der Waals surface area contributed by atoms with E-state index in [0.717, 1.165) is 62.3 Å². The molecule has 0 radical (unpaired) electrons. The molecular formula is C35H45Cl2N5O3. The summed E-state index contributed by atoms with van der Waals surface area (Å²) in [6, 6.07) is 11.5. The van der Waals surface area contributed by atoms with E-state index in [1.807, 2.05) is 47.0 Å². The molecule has 45 heavy (non-hydrogen) atoms. The molecule has 2 aromatic carbocycles. The van der Waals surface area contributed by atoms with Crippen LogP contribution in [0.2, 0.25) is 10.0 Å². The maximum absolute atomic E-state index is 13.9. The molecule has 1 aliphatic carbocycles. The number of likely N-dealkylation sites (N-methyl/N-ethyl adjacent to an activating group) is 1. The van der Waals surface area contributed by atoms with Crippen LogP contribution in [0.4, 0.5) is 5.69 Å². The summed E-state index contributed by atoms with van der Waals surface area (Å²) in [7, 11) is 4.08. The first-order valence-electron chi connectivity index (χ1n) is 16.3. The van der Waals surface area contributed by atoms with Crippen LogP contribution in [0.3, 0.4) is 0 Å². The highest BCUT2D eigenvalue weighted by Gasteiger charge is 2.39. The minimum absolute atomic E-state index is 0.0306. The lowest BCUT2D eigenvalue weighted by Gasteiger charge is -2.36. The minimum Gasteiger partial charge on any atom is -0.376 e. The van der Waals surface area contributed by atoms with Crippen molar-refractivity contribution < 1.29 is 14.3 Å². The van der Waals surface area contributed by atoms with Crippen molar-refractivity contribution in [1.82, 2.24) is 19.3 Å². The number of carbonyl (C=O) groups excluding carboxylic acids is 2. The van der Waals surface area contributed by atoms with Gasteiger partial charge < -0.3 is 24.4 Å². The lowest BCUT2D eigenvalue weighted by Crippen LogP contribution is -2.50. The van der Waals surface area contributed by atoms with Gasteiger partial charge in [-0.1, -0.05) is 48.3 Å². The van der Waals surface area contributed by atoms with Crippen LogP contribution < -0.4 is 5.32 Å². The topological polar surface area (TPSA) is 70.1 Å². The summed E-state index contributed by atoms with van der Waals surface area (Å²) in [5.74, 6) is 0.532. The van der Waals surface area contributed by atoms with Gasteiger partial charge >= 0.3 is 0 Å². The van der Waals surface area contributed by atoms with E-state index in [0.29, 0.717) is 46.1 Å². The molecule has 0 bridgehead atoms. The van der Waals surface area contributed by atoms with Crippen molar-refractivity contribution in [2.75, 3.05) is 51.7 Å². The third-order valence-corrected chi connectivity index (χ3v) is 10.8. The number of rotatable bonds is 8. The van der Waals surface area contributed by atoms with Crippen LogP contribution in [0, 0.1) is 5.92 Å². The second-order valence-electron chi connectivity index (χ2n) is 13.4. The number of piperazine rings is 1. The van der Waals surface area contributed by atoms with Gasteiger partial charge in [0.25, 0.3) is 5.91 Å². The number of fused-ring (bicyclic) bond motifs is 1. The number of benzene rings is 2. The molecule has 1 aromatic heterocycles. The number of aryl methyl sites for hydroxylation is 1. The number of aromatic nitrogens is 1. The Morgan fingerprint density at radius 1 is 0.978 bits per heavy atom. The van der Waals surface area contributed by atoms with Gasteiger partial charge in [0, 0.05) is 67.9 Å². The van der Waals surface area contributed by atoms with E-state index in [1.165, 1.54) is 12.8 Å². The van der Waals surface area contributed by atoms with Crippen LogP contribution in [0.15, 0.2) is 42.6 Å². The van der Waals surface area contributed by atoms with E-state index in [2.05, 4.69) is 29.1 Å². The summed E-state index contributed by atoms with van der Waals surface area (Å²) in [4.78, 5) is 34.1. The third-order valence-electron chi connectivity index (χ3n) is 10.1. The summed E-state index contributed by atoms with van der Waals surface area (Å²) in [6.45, 7) is 7.71. The smallest absolute Gasteiger partial charge is 0.257 e.